The molecule has 1 aromatic carbocycles. The topological polar surface area (TPSA) is 61.6 Å². The van der Waals surface area contributed by atoms with Crippen LogP contribution in [0.3, 0.4) is 0 Å². The average Bonchev–Trinajstić information content (AvgIpc) is 2.37. The van der Waals surface area contributed by atoms with Crippen molar-refractivity contribution in [2.24, 2.45) is 0 Å². The molecule has 90 valence electrons. The van der Waals surface area contributed by atoms with E-state index in [1.165, 1.54) is 0 Å². The maximum absolute atomic E-state index is 8.80. The Morgan fingerprint density at radius 3 is 2.78 bits per heavy atom. The summed E-state index contributed by atoms with van der Waals surface area (Å²) < 4.78 is 0. The third kappa shape index (κ3) is 2.83. The van der Waals surface area contributed by atoms with Crippen molar-refractivity contribution in [1.82, 2.24) is 9.97 Å². The van der Waals surface area contributed by atoms with E-state index in [0.29, 0.717) is 12.1 Å². The van der Waals surface area contributed by atoms with Crippen LogP contribution >= 0.6 is 0 Å². The van der Waals surface area contributed by atoms with Gasteiger partial charge < -0.3 is 5.32 Å². The normalized spacial score (nSPS) is 9.83. The van der Waals surface area contributed by atoms with Crippen LogP contribution in [0.2, 0.25) is 0 Å². The summed E-state index contributed by atoms with van der Waals surface area (Å²) in [6.45, 7) is 4.50. The zero-order chi connectivity index (χ0) is 13.0. The fourth-order valence-corrected chi connectivity index (χ4v) is 1.72. The fourth-order valence-electron chi connectivity index (χ4n) is 1.72. The Hall–Kier alpha value is -2.41. The van der Waals surface area contributed by atoms with Crippen molar-refractivity contribution in [3.63, 3.8) is 0 Å². The Kier molecular flexibility index (Phi) is 3.54. The number of rotatable bonds is 3. The summed E-state index contributed by atoms with van der Waals surface area (Å²) >= 11 is 0. The van der Waals surface area contributed by atoms with Crippen LogP contribution in [-0.2, 0) is 6.54 Å². The van der Waals surface area contributed by atoms with Crippen LogP contribution in [0.15, 0.2) is 30.5 Å². The molecule has 0 amide bonds. The number of nitrogens with one attached hydrogen (secondary N) is 1. The first-order valence-electron chi connectivity index (χ1n) is 5.72. The molecule has 2 aromatic rings. The first kappa shape index (κ1) is 12.1. The molecular weight excluding hydrogens is 224 g/mol. The van der Waals surface area contributed by atoms with Crippen molar-refractivity contribution in [1.29, 1.82) is 5.26 Å². The third-order valence-corrected chi connectivity index (χ3v) is 2.65. The maximum atomic E-state index is 8.80. The van der Waals surface area contributed by atoms with E-state index in [-0.39, 0.29) is 0 Å². The van der Waals surface area contributed by atoms with Crippen LogP contribution in [-0.4, -0.2) is 9.97 Å². The maximum Gasteiger partial charge on any atom is 0.125 e. The van der Waals surface area contributed by atoms with Crippen molar-refractivity contribution in [3.05, 3.63) is 53.1 Å². The largest absolute Gasteiger partial charge is 0.379 e. The van der Waals surface area contributed by atoms with Crippen molar-refractivity contribution in [2.45, 2.75) is 20.4 Å². The van der Waals surface area contributed by atoms with Gasteiger partial charge >= 0.3 is 0 Å². The van der Waals surface area contributed by atoms with Gasteiger partial charge in [-0.2, -0.15) is 5.26 Å². The lowest BCUT2D eigenvalue weighted by Gasteiger charge is -2.09. The highest BCUT2D eigenvalue weighted by molar-refractivity contribution is 5.54. The van der Waals surface area contributed by atoms with Crippen molar-refractivity contribution in [3.8, 4) is 6.07 Å². The number of nitriles is 1. The van der Waals surface area contributed by atoms with Gasteiger partial charge in [0, 0.05) is 11.9 Å². The molecule has 1 N–H and O–H groups in total. The fraction of sp³-hybridized carbons (Fsp3) is 0.214. The summed E-state index contributed by atoms with van der Waals surface area (Å²) in [4.78, 5) is 8.39. The molecule has 0 bridgehead atoms. The van der Waals surface area contributed by atoms with Gasteiger partial charge in [-0.15, -0.1) is 0 Å². The summed E-state index contributed by atoms with van der Waals surface area (Å²) in [5.41, 5.74) is 3.70. The number of benzene rings is 1. The molecule has 0 saturated heterocycles. The number of nitrogens with zero attached hydrogens (tertiary/aromatic N) is 3. The lowest BCUT2D eigenvalue weighted by atomic mass is 10.1. The quantitative estimate of drug-likeness (QED) is 0.892. The molecule has 1 heterocycles. The minimum absolute atomic E-state index is 0.649. The van der Waals surface area contributed by atoms with Crippen LogP contribution in [0.1, 0.15) is 22.6 Å². The molecule has 0 aliphatic carbocycles. The highest BCUT2D eigenvalue weighted by Gasteiger charge is 2.01. The molecule has 4 heteroatoms. The van der Waals surface area contributed by atoms with E-state index in [2.05, 4.69) is 21.4 Å². The zero-order valence-electron chi connectivity index (χ0n) is 10.4. The molecule has 0 radical (unpaired) electrons. The molecule has 2 rings (SSSR count). The van der Waals surface area contributed by atoms with Gasteiger partial charge in [0.15, 0.2) is 0 Å². The van der Waals surface area contributed by atoms with Crippen molar-refractivity contribution >= 4 is 5.69 Å². The second-order valence-electron chi connectivity index (χ2n) is 4.09. The van der Waals surface area contributed by atoms with E-state index in [0.717, 1.165) is 22.8 Å². The van der Waals surface area contributed by atoms with Crippen LogP contribution < -0.4 is 5.32 Å². The molecule has 0 saturated carbocycles. The molecule has 0 aliphatic rings. The van der Waals surface area contributed by atoms with Gasteiger partial charge in [-0.1, -0.05) is 0 Å². The number of anilines is 1. The predicted molar refractivity (Wildman–Crippen MR) is 70.0 cm³/mol. The van der Waals surface area contributed by atoms with Crippen LogP contribution in [0.4, 0.5) is 5.69 Å². The molecule has 0 atom stereocenters. The van der Waals surface area contributed by atoms with Gasteiger partial charge in [0.2, 0.25) is 0 Å². The van der Waals surface area contributed by atoms with Gasteiger partial charge in [0.1, 0.15) is 5.82 Å². The second-order valence-corrected chi connectivity index (χ2v) is 4.09. The van der Waals surface area contributed by atoms with Gasteiger partial charge in [-0.3, -0.25) is 0 Å². The Bertz CT molecular complexity index is 599. The van der Waals surface area contributed by atoms with Crippen molar-refractivity contribution in [2.75, 3.05) is 5.32 Å². The SMILES string of the molecule is Cc1nccc(CNc2ccc(C#N)cc2C)n1. The van der Waals surface area contributed by atoms with E-state index in [1.54, 1.807) is 12.3 Å². The van der Waals surface area contributed by atoms with Crippen LogP contribution in [0.5, 0.6) is 0 Å². The number of hydrogen-bond donors (Lipinski definition) is 1. The van der Waals surface area contributed by atoms with Crippen LogP contribution in [0.25, 0.3) is 0 Å². The van der Waals surface area contributed by atoms with Gasteiger partial charge in [-0.25, -0.2) is 9.97 Å². The molecule has 18 heavy (non-hydrogen) atoms. The molecule has 0 spiro atoms. The minimum atomic E-state index is 0.649. The summed E-state index contributed by atoms with van der Waals surface area (Å²) in [6.07, 6.45) is 1.75. The van der Waals surface area contributed by atoms with E-state index in [1.807, 2.05) is 32.0 Å². The Balaban J connectivity index is 2.09. The Labute approximate surface area is 106 Å². The van der Waals surface area contributed by atoms with E-state index in [9.17, 15) is 0 Å². The third-order valence-electron chi connectivity index (χ3n) is 2.65. The molecule has 0 fully saturated rings. The van der Waals surface area contributed by atoms with Gasteiger partial charge in [0.25, 0.3) is 0 Å². The second kappa shape index (κ2) is 5.28. The number of aromatic nitrogens is 2. The summed E-state index contributed by atoms with van der Waals surface area (Å²) in [7, 11) is 0. The van der Waals surface area contributed by atoms with Gasteiger partial charge in [0.05, 0.1) is 23.9 Å². The molecular formula is C14H14N4. The number of hydrogen-bond acceptors (Lipinski definition) is 4. The first-order chi connectivity index (χ1) is 8.69. The summed E-state index contributed by atoms with van der Waals surface area (Å²) in [5, 5.41) is 12.1. The smallest absolute Gasteiger partial charge is 0.125 e. The summed E-state index contributed by atoms with van der Waals surface area (Å²) in [6, 6.07) is 9.61. The molecule has 0 unspecified atom stereocenters. The average molecular weight is 238 g/mol. The lowest BCUT2D eigenvalue weighted by Crippen LogP contribution is -2.04. The highest BCUT2D eigenvalue weighted by atomic mass is 14.9. The monoisotopic (exact) mass is 238 g/mol. The lowest BCUT2D eigenvalue weighted by molar-refractivity contribution is 0.954. The standard InChI is InChI=1S/C14H14N4/c1-10-7-12(8-15)3-4-14(10)17-9-13-5-6-16-11(2)18-13/h3-7,17H,9H2,1-2H3. The zero-order valence-corrected chi connectivity index (χ0v) is 10.4. The van der Waals surface area contributed by atoms with E-state index < -0.39 is 0 Å². The Morgan fingerprint density at radius 2 is 2.11 bits per heavy atom. The summed E-state index contributed by atoms with van der Waals surface area (Å²) in [5.74, 6) is 0.769. The molecule has 4 nitrogen and oxygen atoms in total. The minimum Gasteiger partial charge on any atom is -0.379 e. The molecule has 0 aliphatic heterocycles. The first-order valence-corrected chi connectivity index (χ1v) is 5.72. The van der Waals surface area contributed by atoms with Crippen molar-refractivity contribution < 1.29 is 0 Å². The molecule has 1 aromatic heterocycles. The highest BCUT2D eigenvalue weighted by Crippen LogP contribution is 2.16. The number of aryl methyl sites for hydroxylation is 2. The Morgan fingerprint density at radius 1 is 1.28 bits per heavy atom. The predicted octanol–water partition coefficient (Wildman–Crippen LogP) is 2.58. The van der Waals surface area contributed by atoms with E-state index >= 15 is 0 Å². The van der Waals surface area contributed by atoms with Gasteiger partial charge in [-0.05, 0) is 43.7 Å². The van der Waals surface area contributed by atoms with Crippen LogP contribution in [0, 0.1) is 25.2 Å². The van der Waals surface area contributed by atoms with E-state index in [4.69, 9.17) is 5.26 Å².